The van der Waals surface area contributed by atoms with Crippen LogP contribution in [0.1, 0.15) is 32.8 Å². The van der Waals surface area contributed by atoms with Crippen LogP contribution in [0.25, 0.3) is 10.8 Å². The van der Waals surface area contributed by atoms with Crippen LogP contribution in [0.4, 0.5) is 0 Å². The van der Waals surface area contributed by atoms with Crippen molar-refractivity contribution in [2.45, 2.75) is 82.5 Å². The molecule has 5 nitrogen and oxygen atoms in total. The average molecular weight is 471 g/mol. The van der Waals surface area contributed by atoms with Crippen LogP contribution in [-0.4, -0.2) is 57.2 Å². The Balaban J connectivity index is 1.61. The minimum Gasteiger partial charge on any atom is -0.408 e. The molecular weight excluding hydrogens is 432 g/mol. The van der Waals surface area contributed by atoms with Gasteiger partial charge >= 0.3 is 0 Å². The number of hydrogen-bond donors (Lipinski definition) is 1. The maximum Gasteiger partial charge on any atom is 0.192 e. The third-order valence-electron chi connectivity index (χ3n) is 7.32. The Morgan fingerprint density at radius 3 is 2.52 bits per heavy atom. The van der Waals surface area contributed by atoms with Gasteiger partial charge in [0.15, 0.2) is 8.32 Å². The third kappa shape index (κ3) is 5.42. The molecule has 2 aromatic rings. The van der Waals surface area contributed by atoms with Crippen LogP contribution in [0.3, 0.4) is 0 Å². The molecule has 0 unspecified atom stereocenters. The molecule has 1 fully saturated rings. The topological polar surface area (TPSA) is 57.2 Å². The quantitative estimate of drug-likeness (QED) is 0.463. The van der Waals surface area contributed by atoms with E-state index in [2.05, 4.69) is 82.4 Å². The summed E-state index contributed by atoms with van der Waals surface area (Å²) in [5, 5.41) is 12.7. The summed E-state index contributed by atoms with van der Waals surface area (Å²) >= 11 is 0. The van der Waals surface area contributed by atoms with Crippen molar-refractivity contribution >= 4 is 19.1 Å². The molecule has 0 saturated carbocycles. The Hall–Kier alpha value is -1.54. The summed E-state index contributed by atoms with van der Waals surface area (Å²) in [5.74, 6) is 0. The maximum absolute atomic E-state index is 10.2. The molecule has 0 bridgehead atoms. The van der Waals surface area contributed by atoms with Crippen LogP contribution in [0, 0.1) is 0 Å². The van der Waals surface area contributed by atoms with E-state index in [0.717, 1.165) is 12.0 Å². The summed E-state index contributed by atoms with van der Waals surface area (Å²) in [4.78, 5) is 0. The summed E-state index contributed by atoms with van der Waals surface area (Å²) in [6.45, 7) is 12.0. The van der Waals surface area contributed by atoms with Crippen molar-refractivity contribution in [1.29, 1.82) is 0 Å². The van der Waals surface area contributed by atoms with Gasteiger partial charge in [-0.1, -0.05) is 69.3 Å². The molecule has 0 radical (unpaired) electrons. The van der Waals surface area contributed by atoms with Gasteiger partial charge in [-0.2, -0.15) is 0 Å². The standard InChI is InChI=1S/C27H38O5Si/c1-27(2,3)33(4,5)32-25-23(17-28)31-22-12-8-9-15-29-24(22)26(25)30-18-19-13-14-20-10-6-7-11-21(20)16-19/h6-11,13-14,16,22-26,28H,12,15,17-18H2,1-5H3/t22-,23+,24-,25+,26+/m0/s1. The number of fused-ring (bicyclic) bond motifs is 2. The summed E-state index contributed by atoms with van der Waals surface area (Å²) in [7, 11) is -2.15. The highest BCUT2D eigenvalue weighted by Crippen LogP contribution is 2.41. The van der Waals surface area contributed by atoms with Crippen molar-refractivity contribution in [3.63, 3.8) is 0 Å². The molecule has 33 heavy (non-hydrogen) atoms. The fourth-order valence-electron chi connectivity index (χ4n) is 4.36. The second-order valence-corrected chi connectivity index (χ2v) is 15.5. The van der Waals surface area contributed by atoms with Crippen molar-refractivity contribution in [2.24, 2.45) is 0 Å². The summed E-state index contributed by atoms with van der Waals surface area (Å²) in [6, 6.07) is 14.8. The molecule has 1 saturated heterocycles. The number of aliphatic hydroxyl groups is 1. The van der Waals surface area contributed by atoms with Crippen LogP contribution in [-0.2, 0) is 25.2 Å². The predicted molar refractivity (Wildman–Crippen MR) is 134 cm³/mol. The first-order chi connectivity index (χ1) is 15.7. The molecule has 0 aromatic heterocycles. The normalized spacial score (nSPS) is 28.5. The first kappa shape index (κ1) is 24.6. The lowest BCUT2D eigenvalue weighted by Gasteiger charge is -2.49. The zero-order valence-electron chi connectivity index (χ0n) is 20.5. The van der Waals surface area contributed by atoms with E-state index in [4.69, 9.17) is 18.6 Å². The van der Waals surface area contributed by atoms with Gasteiger partial charge in [0.25, 0.3) is 0 Å². The van der Waals surface area contributed by atoms with Gasteiger partial charge in [0.2, 0.25) is 0 Å². The number of rotatable bonds is 6. The molecule has 2 heterocycles. The first-order valence-electron chi connectivity index (χ1n) is 12.0. The van der Waals surface area contributed by atoms with Crippen molar-refractivity contribution in [3.8, 4) is 0 Å². The summed E-state index contributed by atoms with van der Waals surface area (Å²) in [5.41, 5.74) is 1.11. The number of benzene rings is 2. The highest BCUT2D eigenvalue weighted by Gasteiger charge is 2.51. The second kappa shape index (κ2) is 9.98. The summed E-state index contributed by atoms with van der Waals surface area (Å²) < 4.78 is 26.0. The number of hydrogen-bond acceptors (Lipinski definition) is 5. The van der Waals surface area contributed by atoms with E-state index in [1.165, 1.54) is 10.8 Å². The maximum atomic E-state index is 10.2. The zero-order valence-corrected chi connectivity index (χ0v) is 21.5. The molecule has 1 N–H and O–H groups in total. The molecule has 2 aromatic carbocycles. The molecule has 2 aliphatic rings. The molecule has 0 amide bonds. The minimum atomic E-state index is -2.15. The highest BCUT2D eigenvalue weighted by atomic mass is 28.4. The zero-order chi connectivity index (χ0) is 23.6. The van der Waals surface area contributed by atoms with E-state index in [9.17, 15) is 5.11 Å². The smallest absolute Gasteiger partial charge is 0.192 e. The monoisotopic (exact) mass is 470 g/mol. The lowest BCUT2D eigenvalue weighted by Crippen LogP contribution is -2.63. The van der Waals surface area contributed by atoms with E-state index in [0.29, 0.717) is 13.2 Å². The third-order valence-corrected chi connectivity index (χ3v) is 11.8. The molecule has 6 heteroatoms. The average Bonchev–Trinajstić information content (AvgIpc) is 3.02. The minimum absolute atomic E-state index is 0.0264. The molecule has 4 rings (SSSR count). The van der Waals surface area contributed by atoms with Crippen LogP contribution in [0.2, 0.25) is 18.1 Å². The van der Waals surface area contributed by atoms with Crippen LogP contribution < -0.4 is 0 Å². The van der Waals surface area contributed by atoms with E-state index in [1.807, 2.05) is 6.08 Å². The van der Waals surface area contributed by atoms with Gasteiger partial charge in [0.05, 0.1) is 25.9 Å². The van der Waals surface area contributed by atoms with E-state index >= 15 is 0 Å². The van der Waals surface area contributed by atoms with Crippen molar-refractivity contribution in [3.05, 3.63) is 60.2 Å². The molecule has 5 atom stereocenters. The fourth-order valence-corrected chi connectivity index (χ4v) is 5.68. The van der Waals surface area contributed by atoms with Gasteiger partial charge in [-0.25, -0.2) is 0 Å². The Bertz CT molecular complexity index is 966. The Morgan fingerprint density at radius 2 is 1.79 bits per heavy atom. The van der Waals surface area contributed by atoms with Gasteiger partial charge in [-0.3, -0.25) is 0 Å². The van der Waals surface area contributed by atoms with Crippen molar-refractivity contribution in [1.82, 2.24) is 0 Å². The highest BCUT2D eigenvalue weighted by molar-refractivity contribution is 6.74. The molecule has 180 valence electrons. The van der Waals surface area contributed by atoms with E-state index < -0.39 is 20.5 Å². The lowest BCUT2D eigenvalue weighted by atomic mass is 9.93. The van der Waals surface area contributed by atoms with E-state index in [-0.39, 0.29) is 30.0 Å². The van der Waals surface area contributed by atoms with Crippen molar-refractivity contribution in [2.75, 3.05) is 13.2 Å². The summed E-state index contributed by atoms with van der Waals surface area (Å²) in [6.07, 6.45) is 3.27. The fraction of sp³-hybridized carbons (Fsp3) is 0.556. The number of aliphatic hydroxyl groups excluding tert-OH is 1. The van der Waals surface area contributed by atoms with Gasteiger partial charge in [-0.15, -0.1) is 0 Å². The van der Waals surface area contributed by atoms with Gasteiger partial charge < -0.3 is 23.7 Å². The van der Waals surface area contributed by atoms with Gasteiger partial charge in [0.1, 0.15) is 24.4 Å². The Kier molecular flexibility index (Phi) is 7.43. The first-order valence-corrected chi connectivity index (χ1v) is 14.9. The van der Waals surface area contributed by atoms with Crippen molar-refractivity contribution < 1.29 is 23.7 Å². The Morgan fingerprint density at radius 1 is 1.03 bits per heavy atom. The van der Waals surface area contributed by atoms with Crippen LogP contribution >= 0.6 is 0 Å². The lowest BCUT2D eigenvalue weighted by molar-refractivity contribution is -0.247. The van der Waals surface area contributed by atoms with Crippen LogP contribution in [0.15, 0.2) is 54.6 Å². The molecule has 0 aliphatic carbocycles. The predicted octanol–water partition coefficient (Wildman–Crippen LogP) is 5.22. The molecule has 0 spiro atoms. The van der Waals surface area contributed by atoms with Gasteiger partial charge in [-0.05, 0) is 47.0 Å². The van der Waals surface area contributed by atoms with E-state index in [1.54, 1.807) is 0 Å². The SMILES string of the molecule is CC(C)(C)[Si](C)(C)O[C@H]1[C@H](OCc2ccc3ccccc3c2)[C@H]2OCC=CC[C@@H]2O[C@@H]1CO. The second-order valence-electron chi connectivity index (χ2n) is 10.7. The Labute approximate surface area is 198 Å². The largest absolute Gasteiger partial charge is 0.408 e. The van der Waals surface area contributed by atoms with Gasteiger partial charge in [0, 0.05) is 0 Å². The van der Waals surface area contributed by atoms with Crippen LogP contribution in [0.5, 0.6) is 0 Å². The molecule has 2 aliphatic heterocycles. The number of ether oxygens (including phenoxy) is 3. The molecular formula is C27H38O5Si.